The minimum atomic E-state index is -2.98. The van der Waals surface area contributed by atoms with E-state index in [2.05, 4.69) is 4.98 Å². The topological polar surface area (TPSA) is 273 Å². The lowest BCUT2D eigenvalue weighted by Crippen LogP contribution is -2.89. The summed E-state index contributed by atoms with van der Waals surface area (Å²) in [4.78, 5) is 113. The average molecular weight is 884 g/mol. The number of hydrogen-bond acceptors (Lipinski definition) is 20. The van der Waals surface area contributed by atoms with Gasteiger partial charge in [0.2, 0.25) is 0 Å². The molecule has 3 heterocycles. The third kappa shape index (κ3) is 7.99. The van der Waals surface area contributed by atoms with Gasteiger partial charge >= 0.3 is 47.8 Å². The fourth-order valence-corrected chi connectivity index (χ4v) is 9.73. The van der Waals surface area contributed by atoms with E-state index in [0.717, 1.165) is 48.5 Å². The molecule has 2 aliphatic heterocycles. The van der Waals surface area contributed by atoms with E-state index < -0.39 is 138 Å². The van der Waals surface area contributed by atoms with Crippen molar-refractivity contribution in [1.29, 1.82) is 0 Å². The van der Waals surface area contributed by atoms with Crippen molar-refractivity contribution in [3.63, 3.8) is 0 Å². The number of pyridine rings is 1. The molecule has 0 radical (unpaired) electrons. The van der Waals surface area contributed by atoms with Gasteiger partial charge in [0.25, 0.3) is 0 Å². The minimum Gasteiger partial charge on any atom is -0.465 e. The normalized spacial score (nSPS) is 35.8. The Morgan fingerprint density at radius 1 is 0.746 bits per heavy atom. The van der Waals surface area contributed by atoms with Crippen LogP contribution < -0.4 is 0 Å². The summed E-state index contributed by atoms with van der Waals surface area (Å²) in [6.07, 6.45) is -12.0. The van der Waals surface area contributed by atoms with Crippen molar-refractivity contribution < 1.29 is 91.2 Å². The highest BCUT2D eigenvalue weighted by atomic mass is 16.7. The Labute approximate surface area is 360 Å². The number of benzene rings is 1. The molecule has 4 aliphatic rings. The number of esters is 8. The number of nitrogens with zero attached hydrogens (tertiary/aromatic N) is 1. The van der Waals surface area contributed by atoms with Crippen molar-refractivity contribution in [3.05, 3.63) is 65.5 Å². The zero-order chi connectivity index (χ0) is 46.4. The van der Waals surface area contributed by atoms with Crippen LogP contribution in [0.25, 0.3) is 0 Å². The van der Waals surface area contributed by atoms with Crippen LogP contribution in [0.1, 0.15) is 88.2 Å². The zero-order valence-electron chi connectivity index (χ0n) is 35.8. The lowest BCUT2D eigenvalue weighted by atomic mass is 9.45. The van der Waals surface area contributed by atoms with E-state index in [0.29, 0.717) is 0 Å². The summed E-state index contributed by atoms with van der Waals surface area (Å²) in [7, 11) is 0. The first kappa shape index (κ1) is 46.5. The summed E-state index contributed by atoms with van der Waals surface area (Å²) < 4.78 is 54.9. The van der Waals surface area contributed by atoms with Gasteiger partial charge in [-0.2, -0.15) is 0 Å². The molecule has 0 amide bonds. The monoisotopic (exact) mass is 883 g/mol. The first-order valence-corrected chi connectivity index (χ1v) is 20.0. The second kappa shape index (κ2) is 16.9. The molecule has 2 aromatic rings. The van der Waals surface area contributed by atoms with E-state index in [4.69, 9.17) is 42.6 Å². The van der Waals surface area contributed by atoms with Crippen molar-refractivity contribution >= 4 is 47.8 Å². The Bertz CT molecular complexity index is 2190. The minimum absolute atomic E-state index is 0.0847. The smallest absolute Gasteiger partial charge is 0.340 e. The quantitative estimate of drug-likeness (QED) is 0.279. The summed E-state index contributed by atoms with van der Waals surface area (Å²) in [5.41, 5.74) is -13.3. The van der Waals surface area contributed by atoms with E-state index in [1.807, 2.05) is 0 Å². The average Bonchev–Trinajstić information content (AvgIpc) is 3.42. The molecule has 3 fully saturated rings. The van der Waals surface area contributed by atoms with Crippen LogP contribution >= 0.6 is 0 Å². The molecule has 1 saturated heterocycles. The maximum atomic E-state index is 14.5. The molecule has 1 aromatic heterocycles. The summed E-state index contributed by atoms with van der Waals surface area (Å²) in [6, 6.07) is 10.1. The highest BCUT2D eigenvalue weighted by Crippen LogP contribution is 2.70. The number of hydrogen-bond donors (Lipinski definition) is 2. The first-order valence-electron chi connectivity index (χ1n) is 20.0. The molecule has 1 spiro atoms. The van der Waals surface area contributed by atoms with Gasteiger partial charge in [-0.1, -0.05) is 18.2 Å². The second-order valence-corrected chi connectivity index (χ2v) is 16.7. The van der Waals surface area contributed by atoms with Gasteiger partial charge in [-0.25, -0.2) is 14.4 Å². The Morgan fingerprint density at radius 2 is 1.33 bits per heavy atom. The van der Waals surface area contributed by atoms with Crippen molar-refractivity contribution in [2.75, 3.05) is 13.2 Å². The van der Waals surface area contributed by atoms with E-state index >= 15 is 0 Å². The number of cyclic esters (lactones) is 1. The molecule has 1 aromatic carbocycles. The predicted octanol–water partition coefficient (Wildman–Crippen LogP) is 1.27. The lowest BCUT2D eigenvalue weighted by Gasteiger charge is -2.67. The van der Waals surface area contributed by atoms with Gasteiger partial charge in [0, 0.05) is 40.8 Å². The fraction of sp³-hybridized carbons (Fsp3) is 0.558. The summed E-state index contributed by atoms with van der Waals surface area (Å²) in [5, 5.41) is 25.4. The van der Waals surface area contributed by atoms with Gasteiger partial charge in [-0.3, -0.25) is 29.0 Å². The van der Waals surface area contributed by atoms with Crippen LogP contribution in [-0.2, 0) is 77.8 Å². The number of aryl methyl sites for hydroxylation is 1. The molecule has 2 aliphatic carbocycles. The third-order valence-corrected chi connectivity index (χ3v) is 12.2. The Hall–Kier alpha value is -5.99. The van der Waals surface area contributed by atoms with Crippen LogP contribution in [0.2, 0.25) is 0 Å². The van der Waals surface area contributed by atoms with Crippen molar-refractivity contribution in [1.82, 2.24) is 4.98 Å². The van der Waals surface area contributed by atoms with Crippen LogP contribution in [0.5, 0.6) is 0 Å². The van der Waals surface area contributed by atoms with Crippen LogP contribution in [-0.4, -0.2) is 135 Å². The van der Waals surface area contributed by atoms with Crippen LogP contribution in [0, 0.1) is 11.3 Å². The Balaban J connectivity index is 1.79. The summed E-state index contributed by atoms with van der Waals surface area (Å²) >= 11 is 0. The number of ether oxygens (including phenoxy) is 9. The van der Waals surface area contributed by atoms with E-state index in [1.54, 1.807) is 6.07 Å². The number of carbonyl (C=O) groups is 8. The van der Waals surface area contributed by atoms with Crippen LogP contribution in [0.4, 0.5) is 0 Å². The standard InChI is InChI=1S/C43H49NO19/c1-21(45)55-20-42-34(59-24(4)48)30(57-22(2)46)29-32(58-23(3)47)43(42)41(8,54)33(31(35(42)60-25(5)49)61-36(50)26-13-10-9-11-14-26)62-38(52)39(6,53)17-16-28-27(15-12-18-44-28)37(51)56-19-40(29,7)63-43/h9-15,18,29-35,53-54H,16-17,19-20H2,1-8H3/t29-,30-,31+,32?,33+,34-,35+,39-,40+,41+,42-,43+/m1/s1. The number of fused-ring (bicyclic) bond motifs is 5. The fourth-order valence-electron chi connectivity index (χ4n) is 9.73. The van der Waals surface area contributed by atoms with E-state index in [-0.39, 0.29) is 23.2 Å². The number of carbonyl (C=O) groups excluding carboxylic acids is 8. The largest absolute Gasteiger partial charge is 0.465 e. The molecule has 6 rings (SSSR count). The Morgan fingerprint density at radius 3 is 1.92 bits per heavy atom. The molecule has 4 bridgehead atoms. The number of rotatable bonds is 8. The van der Waals surface area contributed by atoms with E-state index in [9.17, 15) is 48.6 Å². The van der Waals surface area contributed by atoms with Gasteiger partial charge in [0.05, 0.1) is 22.7 Å². The molecule has 63 heavy (non-hydrogen) atoms. The van der Waals surface area contributed by atoms with Gasteiger partial charge in [0.1, 0.15) is 42.0 Å². The lowest BCUT2D eigenvalue weighted by molar-refractivity contribution is -0.386. The molecule has 20 nitrogen and oxygen atoms in total. The SMILES string of the molecule is CC(=O)OC[C@]12[C@H](OC(C)=O)[C@H](OC(C)=O)[C@@H]3C(OC(C)=O)[C@@]14O[C@@]3(C)COC(=O)c1cccnc1CC[C@@](C)(O)C(=O)O[C@@H]([C@H](OC(=O)c1ccccc1)[C@@H]2OC(C)=O)[C@]4(C)O. The van der Waals surface area contributed by atoms with Crippen molar-refractivity contribution in [3.8, 4) is 0 Å². The summed E-state index contributed by atoms with van der Waals surface area (Å²) in [5.74, 6) is -10.5. The molecule has 340 valence electrons. The van der Waals surface area contributed by atoms with Crippen molar-refractivity contribution in [2.45, 2.75) is 127 Å². The van der Waals surface area contributed by atoms with Gasteiger partial charge in [-0.05, 0) is 57.9 Å². The molecule has 2 saturated carbocycles. The highest BCUT2D eigenvalue weighted by molar-refractivity contribution is 5.91. The van der Waals surface area contributed by atoms with Crippen LogP contribution in [0.3, 0.4) is 0 Å². The molecular weight excluding hydrogens is 834 g/mol. The summed E-state index contributed by atoms with van der Waals surface area (Å²) in [6.45, 7) is 6.37. The van der Waals surface area contributed by atoms with Gasteiger partial charge < -0.3 is 52.8 Å². The predicted molar refractivity (Wildman–Crippen MR) is 207 cm³/mol. The van der Waals surface area contributed by atoms with Crippen LogP contribution in [0.15, 0.2) is 48.7 Å². The van der Waals surface area contributed by atoms with Gasteiger partial charge in [0.15, 0.2) is 35.6 Å². The second-order valence-electron chi connectivity index (χ2n) is 16.7. The maximum absolute atomic E-state index is 14.5. The maximum Gasteiger partial charge on any atom is 0.340 e. The van der Waals surface area contributed by atoms with E-state index in [1.165, 1.54) is 49.5 Å². The number of aromatic nitrogens is 1. The third-order valence-electron chi connectivity index (χ3n) is 12.2. The molecular formula is C43H49NO19. The van der Waals surface area contributed by atoms with Crippen molar-refractivity contribution in [2.24, 2.45) is 11.3 Å². The Kier molecular flexibility index (Phi) is 12.5. The molecule has 20 heteroatoms. The highest BCUT2D eigenvalue weighted by Gasteiger charge is 2.92. The first-order chi connectivity index (χ1) is 29.4. The molecule has 2 N–H and O–H groups in total. The number of aliphatic hydroxyl groups is 2. The van der Waals surface area contributed by atoms with Gasteiger partial charge in [-0.15, -0.1) is 0 Å². The zero-order valence-corrected chi connectivity index (χ0v) is 35.8. The molecule has 1 unspecified atom stereocenters. The molecule has 12 atom stereocenters.